The van der Waals surface area contributed by atoms with E-state index in [9.17, 15) is 4.79 Å². The molecule has 7 heteroatoms. The number of hydrogen-bond acceptors (Lipinski definition) is 5. The molecule has 1 amide bonds. The molecular weight excluding hydrogens is 354 g/mol. The Morgan fingerprint density at radius 3 is 2.61 bits per heavy atom. The number of piperazine rings is 1. The number of nitrogens with zero attached hydrogens (tertiary/aromatic N) is 4. The third kappa shape index (κ3) is 4.20. The van der Waals surface area contributed by atoms with Crippen LogP contribution in [0.25, 0.3) is 5.69 Å². The number of para-hydroxylation sites is 1. The van der Waals surface area contributed by atoms with Crippen LogP contribution in [0.5, 0.6) is 5.75 Å². The zero-order valence-corrected chi connectivity index (χ0v) is 15.8. The summed E-state index contributed by atoms with van der Waals surface area (Å²) in [6, 6.07) is 17.9. The maximum Gasteiger partial charge on any atom is 0.234 e. The highest BCUT2D eigenvalue weighted by atomic mass is 16.5. The van der Waals surface area contributed by atoms with Crippen LogP contribution >= 0.6 is 0 Å². The van der Waals surface area contributed by atoms with Gasteiger partial charge in [0.2, 0.25) is 5.91 Å². The maximum atomic E-state index is 11.7. The molecule has 1 N–H and O–H groups in total. The number of carbonyl (C=O) groups excluding carboxylic acids is 1. The standard InChI is InChI=1S/C21H23N5O2/c1-28-18-9-7-16(8-10-18)13-19-23-20(14-25-12-11-22-21(27)15-25)26(24-19)17-5-3-2-4-6-17/h2-10H,11-15H2,1H3,(H,22,27). The molecule has 1 aliphatic rings. The van der Waals surface area contributed by atoms with Crippen LogP contribution in [0.15, 0.2) is 54.6 Å². The van der Waals surface area contributed by atoms with Crippen LogP contribution in [0.3, 0.4) is 0 Å². The second-order valence-corrected chi connectivity index (χ2v) is 6.78. The van der Waals surface area contributed by atoms with Gasteiger partial charge in [0.15, 0.2) is 5.82 Å². The first-order valence-corrected chi connectivity index (χ1v) is 9.33. The summed E-state index contributed by atoms with van der Waals surface area (Å²) >= 11 is 0. The van der Waals surface area contributed by atoms with Crippen LogP contribution in [0, 0.1) is 0 Å². The van der Waals surface area contributed by atoms with Crippen LogP contribution in [0.2, 0.25) is 0 Å². The topological polar surface area (TPSA) is 72.3 Å². The molecule has 1 aromatic heterocycles. The minimum Gasteiger partial charge on any atom is -0.497 e. The summed E-state index contributed by atoms with van der Waals surface area (Å²) in [4.78, 5) is 18.6. The predicted molar refractivity (Wildman–Crippen MR) is 105 cm³/mol. The highest BCUT2D eigenvalue weighted by Gasteiger charge is 2.20. The largest absolute Gasteiger partial charge is 0.497 e. The number of methoxy groups -OCH3 is 1. The van der Waals surface area contributed by atoms with Gasteiger partial charge >= 0.3 is 0 Å². The Labute approximate surface area is 164 Å². The van der Waals surface area contributed by atoms with Crippen LogP contribution in [0.1, 0.15) is 17.2 Å². The lowest BCUT2D eigenvalue weighted by molar-refractivity contribution is -0.124. The van der Waals surface area contributed by atoms with Gasteiger partial charge in [-0.05, 0) is 29.8 Å². The molecule has 2 heterocycles. The van der Waals surface area contributed by atoms with Crippen LogP contribution < -0.4 is 10.1 Å². The summed E-state index contributed by atoms with van der Waals surface area (Å²) in [5.74, 6) is 2.47. The number of carbonyl (C=O) groups is 1. The van der Waals surface area contributed by atoms with Crippen LogP contribution in [-0.2, 0) is 17.8 Å². The van der Waals surface area contributed by atoms with Gasteiger partial charge in [0, 0.05) is 19.5 Å². The fourth-order valence-corrected chi connectivity index (χ4v) is 3.30. The van der Waals surface area contributed by atoms with Crippen molar-refractivity contribution in [1.29, 1.82) is 0 Å². The highest BCUT2D eigenvalue weighted by molar-refractivity contribution is 5.78. The molecule has 0 radical (unpaired) electrons. The summed E-state index contributed by atoms with van der Waals surface area (Å²) in [7, 11) is 1.66. The van der Waals surface area contributed by atoms with E-state index in [-0.39, 0.29) is 5.91 Å². The highest BCUT2D eigenvalue weighted by Crippen LogP contribution is 2.16. The summed E-state index contributed by atoms with van der Waals surface area (Å²) in [5, 5.41) is 7.61. The van der Waals surface area contributed by atoms with E-state index in [0.29, 0.717) is 26.1 Å². The summed E-state index contributed by atoms with van der Waals surface area (Å²) in [6.07, 6.45) is 0.636. The van der Waals surface area contributed by atoms with Crippen molar-refractivity contribution in [1.82, 2.24) is 25.0 Å². The van der Waals surface area contributed by atoms with Gasteiger partial charge in [0.1, 0.15) is 11.6 Å². The van der Waals surface area contributed by atoms with Crippen molar-refractivity contribution in [3.8, 4) is 11.4 Å². The van der Waals surface area contributed by atoms with E-state index < -0.39 is 0 Å². The van der Waals surface area contributed by atoms with E-state index >= 15 is 0 Å². The Bertz CT molecular complexity index is 937. The van der Waals surface area contributed by atoms with Gasteiger partial charge in [-0.25, -0.2) is 9.67 Å². The van der Waals surface area contributed by atoms with Gasteiger partial charge in [-0.1, -0.05) is 30.3 Å². The van der Waals surface area contributed by atoms with Crippen molar-refractivity contribution in [2.45, 2.75) is 13.0 Å². The molecule has 1 saturated heterocycles. The molecule has 1 aliphatic heterocycles. The number of rotatable bonds is 6. The quantitative estimate of drug-likeness (QED) is 0.709. The Balaban J connectivity index is 1.60. The second kappa shape index (κ2) is 8.22. The monoisotopic (exact) mass is 377 g/mol. The van der Waals surface area contributed by atoms with E-state index in [0.717, 1.165) is 35.2 Å². The Morgan fingerprint density at radius 1 is 1.11 bits per heavy atom. The van der Waals surface area contributed by atoms with Crippen molar-refractivity contribution in [3.63, 3.8) is 0 Å². The number of hydrogen-bond donors (Lipinski definition) is 1. The van der Waals surface area contributed by atoms with E-state index in [1.807, 2.05) is 59.3 Å². The van der Waals surface area contributed by atoms with E-state index in [2.05, 4.69) is 10.2 Å². The Kier molecular flexibility index (Phi) is 5.34. The number of ether oxygens (including phenoxy) is 1. The molecule has 0 unspecified atom stereocenters. The molecule has 0 bridgehead atoms. The zero-order chi connectivity index (χ0) is 19.3. The molecule has 0 atom stereocenters. The molecule has 28 heavy (non-hydrogen) atoms. The molecule has 1 fully saturated rings. The Hall–Kier alpha value is -3.19. The van der Waals surface area contributed by atoms with E-state index in [1.54, 1.807) is 7.11 Å². The predicted octanol–water partition coefficient (Wildman–Crippen LogP) is 1.80. The van der Waals surface area contributed by atoms with Crippen LogP contribution in [0.4, 0.5) is 0 Å². The van der Waals surface area contributed by atoms with Crippen molar-refractivity contribution in [2.24, 2.45) is 0 Å². The van der Waals surface area contributed by atoms with Gasteiger partial charge in [0.05, 0.1) is 25.9 Å². The summed E-state index contributed by atoms with van der Waals surface area (Å²) < 4.78 is 7.10. The van der Waals surface area contributed by atoms with Crippen molar-refractivity contribution < 1.29 is 9.53 Å². The first-order valence-electron chi connectivity index (χ1n) is 9.33. The normalized spacial score (nSPS) is 14.7. The summed E-state index contributed by atoms with van der Waals surface area (Å²) in [5.41, 5.74) is 2.09. The molecule has 0 spiro atoms. The van der Waals surface area contributed by atoms with Crippen molar-refractivity contribution in [2.75, 3.05) is 26.7 Å². The molecule has 4 rings (SSSR count). The Morgan fingerprint density at radius 2 is 1.89 bits per heavy atom. The molecule has 144 valence electrons. The molecular formula is C21H23N5O2. The minimum atomic E-state index is 0.0514. The lowest BCUT2D eigenvalue weighted by Gasteiger charge is -2.25. The first-order chi connectivity index (χ1) is 13.7. The molecule has 7 nitrogen and oxygen atoms in total. The number of aromatic nitrogens is 3. The van der Waals surface area contributed by atoms with E-state index in [1.165, 1.54) is 0 Å². The fraction of sp³-hybridized carbons (Fsp3) is 0.286. The fourth-order valence-electron chi connectivity index (χ4n) is 3.30. The lowest BCUT2D eigenvalue weighted by atomic mass is 10.1. The van der Waals surface area contributed by atoms with Crippen molar-refractivity contribution in [3.05, 3.63) is 71.8 Å². The van der Waals surface area contributed by atoms with Gasteiger partial charge in [-0.3, -0.25) is 9.69 Å². The minimum absolute atomic E-state index is 0.0514. The first kappa shape index (κ1) is 18.2. The van der Waals surface area contributed by atoms with Crippen LogP contribution in [-0.4, -0.2) is 52.3 Å². The SMILES string of the molecule is COc1ccc(Cc2nc(CN3CCNC(=O)C3)n(-c3ccccc3)n2)cc1. The third-order valence-corrected chi connectivity index (χ3v) is 4.72. The average molecular weight is 377 g/mol. The van der Waals surface area contributed by atoms with Gasteiger partial charge in [-0.2, -0.15) is 5.10 Å². The molecule has 0 saturated carbocycles. The smallest absolute Gasteiger partial charge is 0.234 e. The van der Waals surface area contributed by atoms with Gasteiger partial charge in [0.25, 0.3) is 0 Å². The number of amides is 1. The number of benzene rings is 2. The third-order valence-electron chi connectivity index (χ3n) is 4.72. The number of nitrogens with one attached hydrogen (secondary N) is 1. The van der Waals surface area contributed by atoms with Gasteiger partial charge < -0.3 is 10.1 Å². The molecule has 2 aromatic carbocycles. The van der Waals surface area contributed by atoms with Gasteiger partial charge in [-0.15, -0.1) is 0 Å². The lowest BCUT2D eigenvalue weighted by Crippen LogP contribution is -2.47. The van der Waals surface area contributed by atoms with E-state index in [4.69, 9.17) is 14.8 Å². The summed E-state index contributed by atoms with van der Waals surface area (Å²) in [6.45, 7) is 2.44. The zero-order valence-electron chi connectivity index (χ0n) is 15.8. The van der Waals surface area contributed by atoms with Crippen molar-refractivity contribution >= 4 is 5.91 Å². The average Bonchev–Trinajstić information content (AvgIpc) is 3.11. The second-order valence-electron chi connectivity index (χ2n) is 6.78. The maximum absolute atomic E-state index is 11.7. The molecule has 3 aromatic rings. The molecule has 0 aliphatic carbocycles.